The summed E-state index contributed by atoms with van der Waals surface area (Å²) in [7, 11) is 0. The molecule has 0 radical (unpaired) electrons. The predicted molar refractivity (Wildman–Crippen MR) is 107 cm³/mol. The second-order valence-corrected chi connectivity index (χ2v) is 5.76. The van der Waals surface area contributed by atoms with Crippen molar-refractivity contribution in [3.63, 3.8) is 0 Å². The number of benzene rings is 2. The summed E-state index contributed by atoms with van der Waals surface area (Å²) in [5.41, 5.74) is 6.67. The third kappa shape index (κ3) is 5.38. The van der Waals surface area contributed by atoms with Crippen LogP contribution in [0.3, 0.4) is 0 Å². The third-order valence-electron chi connectivity index (χ3n) is 3.63. The number of rotatable bonds is 7. The zero-order valence-corrected chi connectivity index (χ0v) is 15.4. The molecule has 1 aromatic heterocycles. The Labute approximate surface area is 162 Å². The number of para-hydroxylation sites is 1. The molecule has 2 aromatic carbocycles. The molecule has 1 heterocycles. The van der Waals surface area contributed by atoms with E-state index in [2.05, 4.69) is 10.3 Å². The minimum absolute atomic E-state index is 0.143. The van der Waals surface area contributed by atoms with E-state index in [1.54, 1.807) is 19.1 Å². The van der Waals surface area contributed by atoms with Crippen LogP contribution in [0.4, 0.5) is 5.69 Å². The number of esters is 1. The lowest BCUT2D eigenvalue weighted by Gasteiger charge is -2.09. The summed E-state index contributed by atoms with van der Waals surface area (Å²) in [5, 5.41) is 3.00. The van der Waals surface area contributed by atoms with Crippen LogP contribution < -0.4 is 15.8 Å². The maximum Gasteiger partial charge on any atom is 0.374 e. The Morgan fingerprint density at radius 2 is 1.86 bits per heavy atom. The van der Waals surface area contributed by atoms with Gasteiger partial charge in [-0.2, -0.15) is 0 Å². The van der Waals surface area contributed by atoms with E-state index < -0.39 is 5.97 Å². The third-order valence-corrected chi connectivity index (χ3v) is 3.63. The molecule has 0 amide bonds. The molecule has 0 bridgehead atoms. The van der Waals surface area contributed by atoms with Crippen LogP contribution >= 0.6 is 0 Å². The first kappa shape index (κ1) is 19.0. The van der Waals surface area contributed by atoms with Gasteiger partial charge in [-0.25, -0.2) is 9.79 Å². The highest BCUT2D eigenvalue weighted by Gasteiger charge is 2.11. The van der Waals surface area contributed by atoms with Crippen molar-refractivity contribution in [3.05, 3.63) is 78.3 Å². The molecule has 7 nitrogen and oxygen atoms in total. The second-order valence-electron chi connectivity index (χ2n) is 5.76. The minimum Gasteiger partial charge on any atom is -0.460 e. The van der Waals surface area contributed by atoms with Crippen LogP contribution in [0.25, 0.3) is 0 Å². The van der Waals surface area contributed by atoms with Crippen molar-refractivity contribution in [2.24, 2.45) is 10.7 Å². The number of aliphatic imine (C=N–C) groups is 1. The van der Waals surface area contributed by atoms with E-state index in [0.29, 0.717) is 11.5 Å². The number of carbonyl (C=O) groups is 1. The number of nitrogens with two attached hydrogens (primary N) is 1. The number of nitrogens with zero attached hydrogens (tertiary/aromatic N) is 1. The Hall–Kier alpha value is -3.74. The average Bonchev–Trinajstić information content (AvgIpc) is 3.17. The number of furan rings is 1. The number of guanidine groups is 1. The Bertz CT molecular complexity index is 951. The van der Waals surface area contributed by atoms with Crippen molar-refractivity contribution in [3.8, 4) is 11.5 Å². The highest BCUT2D eigenvalue weighted by atomic mass is 16.5. The quantitative estimate of drug-likeness (QED) is 0.363. The number of ether oxygens (including phenoxy) is 2. The number of hydrogen-bond donors (Lipinski definition) is 2. The highest BCUT2D eigenvalue weighted by molar-refractivity contribution is 5.92. The first-order chi connectivity index (χ1) is 13.6. The SMILES string of the molecule is CCOC(=O)c1ccc(CN=C(N)Nc2cccc(Oc3ccccc3)c2)o1. The molecular weight excluding hydrogens is 358 g/mol. The van der Waals surface area contributed by atoms with E-state index in [-0.39, 0.29) is 24.9 Å². The summed E-state index contributed by atoms with van der Waals surface area (Å²) in [6.07, 6.45) is 0. The maximum atomic E-state index is 11.6. The van der Waals surface area contributed by atoms with Crippen LogP contribution in [-0.4, -0.2) is 18.5 Å². The topological polar surface area (TPSA) is 99.1 Å². The van der Waals surface area contributed by atoms with E-state index in [0.717, 1.165) is 11.4 Å². The molecule has 144 valence electrons. The molecule has 0 aliphatic carbocycles. The fourth-order valence-electron chi connectivity index (χ4n) is 2.39. The largest absolute Gasteiger partial charge is 0.460 e. The molecule has 7 heteroatoms. The lowest BCUT2D eigenvalue weighted by Crippen LogP contribution is -2.22. The van der Waals surface area contributed by atoms with Gasteiger partial charge >= 0.3 is 5.97 Å². The van der Waals surface area contributed by atoms with Crippen LogP contribution in [0.2, 0.25) is 0 Å². The molecule has 0 spiro atoms. The van der Waals surface area contributed by atoms with Crippen molar-refractivity contribution in [1.29, 1.82) is 0 Å². The summed E-state index contributed by atoms with van der Waals surface area (Å²) in [5.74, 6) is 1.79. The van der Waals surface area contributed by atoms with Crippen LogP contribution in [0.1, 0.15) is 23.2 Å². The summed E-state index contributed by atoms with van der Waals surface area (Å²) in [6.45, 7) is 2.22. The molecule has 3 aromatic rings. The Balaban J connectivity index is 1.59. The highest BCUT2D eigenvalue weighted by Crippen LogP contribution is 2.23. The molecule has 0 aliphatic rings. The lowest BCUT2D eigenvalue weighted by molar-refractivity contribution is 0.0488. The van der Waals surface area contributed by atoms with Crippen molar-refractivity contribution in [2.75, 3.05) is 11.9 Å². The molecule has 3 rings (SSSR count). The Morgan fingerprint density at radius 1 is 1.07 bits per heavy atom. The average molecular weight is 379 g/mol. The zero-order valence-electron chi connectivity index (χ0n) is 15.4. The number of anilines is 1. The van der Waals surface area contributed by atoms with Gasteiger partial charge in [0.25, 0.3) is 0 Å². The van der Waals surface area contributed by atoms with Gasteiger partial charge in [0.2, 0.25) is 5.76 Å². The van der Waals surface area contributed by atoms with E-state index in [9.17, 15) is 4.79 Å². The molecule has 0 saturated carbocycles. The standard InChI is InChI=1S/C21H21N3O4/c1-2-26-20(25)19-12-11-18(28-19)14-23-21(22)24-15-7-6-10-17(13-15)27-16-8-4-3-5-9-16/h3-13H,2,14H2,1H3,(H3,22,23,24). The van der Waals surface area contributed by atoms with Crippen LogP contribution in [0, 0.1) is 0 Å². The van der Waals surface area contributed by atoms with E-state index in [4.69, 9.17) is 19.6 Å². The van der Waals surface area contributed by atoms with Gasteiger partial charge in [-0.1, -0.05) is 24.3 Å². The summed E-state index contributed by atoms with van der Waals surface area (Å²) in [4.78, 5) is 15.8. The normalized spacial score (nSPS) is 11.1. The maximum absolute atomic E-state index is 11.6. The lowest BCUT2D eigenvalue weighted by atomic mass is 10.3. The van der Waals surface area contributed by atoms with Crippen LogP contribution in [0.5, 0.6) is 11.5 Å². The fourth-order valence-corrected chi connectivity index (χ4v) is 2.39. The van der Waals surface area contributed by atoms with Gasteiger partial charge in [-0.15, -0.1) is 0 Å². The molecule has 28 heavy (non-hydrogen) atoms. The monoisotopic (exact) mass is 379 g/mol. The Morgan fingerprint density at radius 3 is 2.64 bits per heavy atom. The number of nitrogens with one attached hydrogen (secondary N) is 1. The van der Waals surface area contributed by atoms with Gasteiger partial charge in [0.05, 0.1) is 6.61 Å². The van der Waals surface area contributed by atoms with E-state index >= 15 is 0 Å². The Kier molecular flexibility index (Phi) is 6.30. The van der Waals surface area contributed by atoms with Gasteiger partial charge in [-0.05, 0) is 43.3 Å². The van der Waals surface area contributed by atoms with Gasteiger partial charge < -0.3 is 24.9 Å². The van der Waals surface area contributed by atoms with Crippen LogP contribution in [0.15, 0.2) is 76.1 Å². The summed E-state index contributed by atoms with van der Waals surface area (Å²) < 4.78 is 16.1. The summed E-state index contributed by atoms with van der Waals surface area (Å²) in [6, 6.07) is 20.1. The van der Waals surface area contributed by atoms with Crippen molar-refractivity contribution >= 4 is 17.6 Å². The molecule has 3 N–H and O–H groups in total. The van der Waals surface area contributed by atoms with Crippen molar-refractivity contribution < 1.29 is 18.7 Å². The van der Waals surface area contributed by atoms with Gasteiger partial charge in [0.15, 0.2) is 5.96 Å². The number of hydrogen-bond acceptors (Lipinski definition) is 5. The molecular formula is C21H21N3O4. The fraction of sp³-hybridized carbons (Fsp3) is 0.143. The van der Waals surface area contributed by atoms with Gasteiger partial charge in [-0.3, -0.25) is 0 Å². The molecule has 0 aliphatic heterocycles. The summed E-state index contributed by atoms with van der Waals surface area (Å²) >= 11 is 0. The number of carbonyl (C=O) groups excluding carboxylic acids is 1. The first-order valence-electron chi connectivity index (χ1n) is 8.80. The van der Waals surface area contributed by atoms with Gasteiger partial charge in [0, 0.05) is 11.8 Å². The van der Waals surface area contributed by atoms with Crippen molar-refractivity contribution in [1.82, 2.24) is 0 Å². The van der Waals surface area contributed by atoms with E-state index in [1.807, 2.05) is 54.6 Å². The predicted octanol–water partition coefficient (Wildman–Crippen LogP) is 4.18. The van der Waals surface area contributed by atoms with Gasteiger partial charge in [0.1, 0.15) is 23.8 Å². The second kappa shape index (κ2) is 9.27. The smallest absolute Gasteiger partial charge is 0.374 e. The van der Waals surface area contributed by atoms with Crippen molar-refractivity contribution in [2.45, 2.75) is 13.5 Å². The first-order valence-corrected chi connectivity index (χ1v) is 8.80. The van der Waals surface area contributed by atoms with Crippen LogP contribution in [-0.2, 0) is 11.3 Å². The minimum atomic E-state index is -0.501. The zero-order chi connectivity index (χ0) is 19.8. The molecule has 0 unspecified atom stereocenters. The molecule has 0 atom stereocenters. The van der Waals surface area contributed by atoms with E-state index in [1.165, 1.54) is 0 Å². The molecule has 0 fully saturated rings. The molecule has 0 saturated heterocycles.